The molecule has 2 aromatic carbocycles. The van der Waals surface area contributed by atoms with Crippen LogP contribution in [0.3, 0.4) is 0 Å². The van der Waals surface area contributed by atoms with Crippen molar-refractivity contribution in [3.63, 3.8) is 0 Å². The van der Waals surface area contributed by atoms with E-state index in [1.807, 2.05) is 32.0 Å². The summed E-state index contributed by atoms with van der Waals surface area (Å²) in [5.74, 6) is -0.170. The number of hydrogen-bond acceptors (Lipinski definition) is 4. The zero-order chi connectivity index (χ0) is 22.2. The van der Waals surface area contributed by atoms with Gasteiger partial charge in [0.05, 0.1) is 22.3 Å². The maximum absolute atomic E-state index is 13.0. The number of aromatic nitrogens is 2. The van der Waals surface area contributed by atoms with Crippen LogP contribution >= 0.6 is 11.6 Å². The molecule has 0 bridgehead atoms. The van der Waals surface area contributed by atoms with E-state index in [0.29, 0.717) is 23.7 Å². The minimum Gasteiger partial charge on any atom is -0.336 e. The Bertz CT molecular complexity index is 1230. The molecule has 0 atom stereocenters. The van der Waals surface area contributed by atoms with Crippen LogP contribution in [-0.4, -0.2) is 59.5 Å². The number of piperazine rings is 1. The molecule has 0 aliphatic carbocycles. The molecular weight excluding hydrogens is 436 g/mol. The SMILES string of the molecule is Cc1ccc(S(=O)(=O)N2CCN(C(=O)c3cnn(-c4cccc(Cl)c4)c3)CC2)cc1C. The highest BCUT2D eigenvalue weighted by molar-refractivity contribution is 7.89. The average Bonchev–Trinajstić information content (AvgIpc) is 3.25. The molecule has 1 amide bonds. The molecule has 1 aliphatic rings. The predicted octanol–water partition coefficient (Wildman–Crippen LogP) is 3.29. The fourth-order valence-corrected chi connectivity index (χ4v) is 5.22. The van der Waals surface area contributed by atoms with E-state index in [1.165, 1.54) is 10.5 Å². The summed E-state index contributed by atoms with van der Waals surface area (Å²) in [6.45, 7) is 5.00. The third kappa shape index (κ3) is 4.37. The second-order valence-electron chi connectivity index (χ2n) is 7.60. The van der Waals surface area contributed by atoms with E-state index < -0.39 is 10.0 Å². The van der Waals surface area contributed by atoms with E-state index in [2.05, 4.69) is 5.10 Å². The Kier molecular flexibility index (Phi) is 5.88. The number of carbonyl (C=O) groups is 1. The van der Waals surface area contributed by atoms with Crippen molar-refractivity contribution in [2.24, 2.45) is 0 Å². The molecule has 0 N–H and O–H groups in total. The number of rotatable bonds is 4. The van der Waals surface area contributed by atoms with Crippen LogP contribution in [0.25, 0.3) is 5.69 Å². The van der Waals surface area contributed by atoms with Crippen LogP contribution in [0.4, 0.5) is 0 Å². The molecule has 162 valence electrons. The van der Waals surface area contributed by atoms with Gasteiger partial charge in [-0.25, -0.2) is 13.1 Å². The summed E-state index contributed by atoms with van der Waals surface area (Å²) in [5.41, 5.74) is 3.19. The summed E-state index contributed by atoms with van der Waals surface area (Å²) in [6, 6.07) is 12.4. The Morgan fingerprint density at radius 2 is 1.74 bits per heavy atom. The van der Waals surface area contributed by atoms with Gasteiger partial charge in [0.25, 0.3) is 5.91 Å². The number of aryl methyl sites for hydroxylation is 2. The van der Waals surface area contributed by atoms with Crippen LogP contribution in [0.15, 0.2) is 59.8 Å². The summed E-state index contributed by atoms with van der Waals surface area (Å²) in [6.07, 6.45) is 3.17. The molecule has 4 rings (SSSR count). The molecule has 31 heavy (non-hydrogen) atoms. The fourth-order valence-electron chi connectivity index (χ4n) is 3.53. The van der Waals surface area contributed by atoms with Crippen molar-refractivity contribution in [2.75, 3.05) is 26.2 Å². The predicted molar refractivity (Wildman–Crippen MR) is 119 cm³/mol. The van der Waals surface area contributed by atoms with Gasteiger partial charge in [-0.3, -0.25) is 4.79 Å². The van der Waals surface area contributed by atoms with Gasteiger partial charge >= 0.3 is 0 Å². The molecule has 1 aliphatic heterocycles. The minimum absolute atomic E-state index is 0.170. The molecular formula is C22H23ClN4O3S. The van der Waals surface area contributed by atoms with Gasteiger partial charge in [0, 0.05) is 37.4 Å². The average molecular weight is 459 g/mol. The third-order valence-corrected chi connectivity index (χ3v) is 7.67. The Hall–Kier alpha value is -2.68. The third-order valence-electron chi connectivity index (χ3n) is 5.54. The lowest BCUT2D eigenvalue weighted by Gasteiger charge is -2.33. The molecule has 7 nitrogen and oxygen atoms in total. The fraction of sp³-hybridized carbons (Fsp3) is 0.273. The molecule has 9 heteroatoms. The van der Waals surface area contributed by atoms with Gasteiger partial charge in [0.2, 0.25) is 10.0 Å². The normalized spacial score (nSPS) is 15.3. The Morgan fingerprint density at radius 3 is 2.42 bits per heavy atom. The van der Waals surface area contributed by atoms with Crippen molar-refractivity contribution >= 4 is 27.5 Å². The van der Waals surface area contributed by atoms with E-state index in [4.69, 9.17) is 11.6 Å². The van der Waals surface area contributed by atoms with Gasteiger partial charge in [-0.1, -0.05) is 23.7 Å². The van der Waals surface area contributed by atoms with Gasteiger partial charge in [0.15, 0.2) is 0 Å². The molecule has 0 spiro atoms. The summed E-state index contributed by atoms with van der Waals surface area (Å²) in [5, 5.41) is 4.84. The van der Waals surface area contributed by atoms with Crippen molar-refractivity contribution in [1.82, 2.24) is 19.0 Å². The molecule has 1 fully saturated rings. The number of carbonyl (C=O) groups excluding carboxylic acids is 1. The molecule has 1 saturated heterocycles. The molecule has 0 saturated carbocycles. The Labute approximate surface area is 186 Å². The summed E-state index contributed by atoms with van der Waals surface area (Å²) in [4.78, 5) is 14.8. The summed E-state index contributed by atoms with van der Waals surface area (Å²) in [7, 11) is -3.58. The van der Waals surface area contributed by atoms with Gasteiger partial charge in [-0.2, -0.15) is 9.40 Å². The summed E-state index contributed by atoms with van der Waals surface area (Å²) < 4.78 is 29.0. The van der Waals surface area contributed by atoms with Gasteiger partial charge in [-0.05, 0) is 55.3 Å². The monoisotopic (exact) mass is 458 g/mol. The molecule has 2 heterocycles. The van der Waals surface area contributed by atoms with E-state index in [-0.39, 0.29) is 23.9 Å². The molecule has 0 unspecified atom stereocenters. The first-order valence-corrected chi connectivity index (χ1v) is 11.7. The van der Waals surface area contributed by atoms with Gasteiger partial charge in [-0.15, -0.1) is 0 Å². The largest absolute Gasteiger partial charge is 0.336 e. The highest BCUT2D eigenvalue weighted by atomic mass is 35.5. The number of benzene rings is 2. The van der Waals surface area contributed by atoms with Crippen LogP contribution in [0.2, 0.25) is 5.02 Å². The molecule has 3 aromatic rings. The number of halogens is 1. The van der Waals surface area contributed by atoms with Crippen molar-refractivity contribution in [3.05, 3.63) is 76.6 Å². The van der Waals surface area contributed by atoms with E-state index in [1.54, 1.807) is 40.0 Å². The number of sulfonamides is 1. The smallest absolute Gasteiger partial charge is 0.257 e. The van der Waals surface area contributed by atoms with Gasteiger partial charge < -0.3 is 4.90 Å². The lowest BCUT2D eigenvalue weighted by molar-refractivity contribution is 0.0698. The van der Waals surface area contributed by atoms with Crippen LogP contribution in [0.5, 0.6) is 0 Å². The highest BCUT2D eigenvalue weighted by Gasteiger charge is 2.31. The lowest BCUT2D eigenvalue weighted by Crippen LogP contribution is -2.50. The Morgan fingerprint density at radius 1 is 1.00 bits per heavy atom. The van der Waals surface area contributed by atoms with Crippen molar-refractivity contribution in [1.29, 1.82) is 0 Å². The highest BCUT2D eigenvalue weighted by Crippen LogP contribution is 2.21. The van der Waals surface area contributed by atoms with Gasteiger partial charge in [0.1, 0.15) is 0 Å². The van der Waals surface area contributed by atoms with Crippen LogP contribution in [-0.2, 0) is 10.0 Å². The maximum atomic E-state index is 13.0. The second kappa shape index (κ2) is 8.45. The van der Waals surface area contributed by atoms with E-state index in [9.17, 15) is 13.2 Å². The number of hydrogen-bond donors (Lipinski definition) is 0. The van der Waals surface area contributed by atoms with Crippen molar-refractivity contribution in [2.45, 2.75) is 18.7 Å². The maximum Gasteiger partial charge on any atom is 0.257 e. The Balaban J connectivity index is 1.44. The van der Waals surface area contributed by atoms with Crippen molar-refractivity contribution < 1.29 is 13.2 Å². The van der Waals surface area contributed by atoms with Crippen molar-refractivity contribution in [3.8, 4) is 5.69 Å². The topological polar surface area (TPSA) is 75.5 Å². The summed E-state index contributed by atoms with van der Waals surface area (Å²) >= 11 is 6.03. The zero-order valence-electron chi connectivity index (χ0n) is 17.3. The van der Waals surface area contributed by atoms with Crippen LogP contribution in [0.1, 0.15) is 21.5 Å². The van der Waals surface area contributed by atoms with Crippen LogP contribution in [0, 0.1) is 13.8 Å². The molecule has 0 radical (unpaired) electrons. The van der Waals surface area contributed by atoms with E-state index in [0.717, 1.165) is 16.8 Å². The minimum atomic E-state index is -3.58. The molecule has 1 aromatic heterocycles. The standard InChI is InChI=1S/C22H23ClN4O3S/c1-16-6-7-21(12-17(16)2)31(29,30)26-10-8-25(9-11-26)22(28)18-14-24-27(15-18)20-5-3-4-19(23)13-20/h3-7,12-15H,8-11H2,1-2H3. The zero-order valence-corrected chi connectivity index (χ0v) is 18.9. The van der Waals surface area contributed by atoms with E-state index >= 15 is 0 Å². The first-order chi connectivity index (χ1) is 14.8. The quantitative estimate of drug-likeness (QED) is 0.601. The lowest BCUT2D eigenvalue weighted by atomic mass is 10.1. The number of amides is 1. The second-order valence-corrected chi connectivity index (χ2v) is 9.97. The first kappa shape index (κ1) is 21.5. The first-order valence-electron chi connectivity index (χ1n) is 9.93. The van der Waals surface area contributed by atoms with Crippen LogP contribution < -0.4 is 0 Å². The number of nitrogens with zero attached hydrogens (tertiary/aromatic N) is 4.